The second-order valence-electron chi connectivity index (χ2n) is 15.4. The molecule has 1 aliphatic rings. The molecule has 0 unspecified atom stereocenters. The summed E-state index contributed by atoms with van der Waals surface area (Å²) in [5, 5.41) is 2.61. The number of hydrogen-bond donors (Lipinski definition) is 0. The number of hydrogen-bond acceptors (Lipinski definition) is 2. The van der Waals surface area contributed by atoms with Crippen LogP contribution in [0.3, 0.4) is 0 Å². The monoisotopic (exact) mass is 744 g/mol. The Hall–Kier alpha value is -6.94. The number of nitrogens with zero attached hydrogens (tertiary/aromatic N) is 2. The predicted molar refractivity (Wildman–Crippen MR) is 242 cm³/mol. The van der Waals surface area contributed by atoms with E-state index in [9.17, 15) is 0 Å². The summed E-state index contributed by atoms with van der Waals surface area (Å²) < 4.78 is 0. The third-order valence-electron chi connectivity index (χ3n) is 11.4. The van der Waals surface area contributed by atoms with E-state index in [1.54, 1.807) is 0 Å². The van der Waals surface area contributed by atoms with Gasteiger partial charge in [-0.25, -0.2) is 9.97 Å². The SMILES string of the molecule is C[Si]1(C)c2ccccc2-c2c(-c3cc(-c4ccccc4)cc(-c4ccccc4)c3)nc(-c3cccc(-c4cccc(-c5ccc(-c6ccccc6)cc5)c4)c3)nc21. The first kappa shape index (κ1) is 34.5. The maximum absolute atomic E-state index is 5.56. The van der Waals surface area contributed by atoms with Gasteiger partial charge in [-0.15, -0.1) is 0 Å². The Morgan fingerprint density at radius 1 is 0.316 bits per heavy atom. The van der Waals surface area contributed by atoms with E-state index in [4.69, 9.17) is 9.97 Å². The van der Waals surface area contributed by atoms with Gasteiger partial charge in [0.15, 0.2) is 5.82 Å². The van der Waals surface area contributed by atoms with Crippen LogP contribution in [-0.4, -0.2) is 18.0 Å². The van der Waals surface area contributed by atoms with Crippen LogP contribution in [0.25, 0.3) is 89.4 Å². The van der Waals surface area contributed by atoms with E-state index in [2.05, 4.69) is 219 Å². The Kier molecular flexibility index (Phi) is 8.66. The van der Waals surface area contributed by atoms with Crippen LogP contribution in [0.5, 0.6) is 0 Å². The first-order chi connectivity index (χ1) is 28.0. The molecule has 8 aromatic carbocycles. The largest absolute Gasteiger partial charge is 0.237 e. The number of benzene rings is 8. The van der Waals surface area contributed by atoms with Crippen LogP contribution in [0.15, 0.2) is 206 Å². The second kappa shape index (κ2) is 14.3. The molecule has 0 aliphatic carbocycles. The molecule has 0 fully saturated rings. The molecule has 270 valence electrons. The van der Waals surface area contributed by atoms with Gasteiger partial charge in [0.2, 0.25) is 0 Å². The van der Waals surface area contributed by atoms with Gasteiger partial charge in [-0.3, -0.25) is 0 Å². The predicted octanol–water partition coefficient (Wildman–Crippen LogP) is 12.9. The van der Waals surface area contributed by atoms with E-state index in [0.29, 0.717) is 0 Å². The molecule has 57 heavy (non-hydrogen) atoms. The second-order valence-corrected chi connectivity index (χ2v) is 19.7. The quantitative estimate of drug-likeness (QED) is 0.152. The van der Waals surface area contributed by atoms with Crippen LogP contribution in [0.2, 0.25) is 13.1 Å². The van der Waals surface area contributed by atoms with Crippen molar-refractivity contribution >= 4 is 18.6 Å². The average molecular weight is 745 g/mol. The highest BCUT2D eigenvalue weighted by Crippen LogP contribution is 2.40. The highest BCUT2D eigenvalue weighted by molar-refractivity contribution is 7.03. The Morgan fingerprint density at radius 2 is 0.702 bits per heavy atom. The van der Waals surface area contributed by atoms with Crippen molar-refractivity contribution in [2.24, 2.45) is 0 Å². The molecular weight excluding hydrogens is 705 g/mol. The van der Waals surface area contributed by atoms with E-state index >= 15 is 0 Å². The molecule has 2 nitrogen and oxygen atoms in total. The third kappa shape index (κ3) is 6.42. The lowest BCUT2D eigenvalue weighted by molar-refractivity contribution is 1.21. The van der Waals surface area contributed by atoms with Gasteiger partial charge < -0.3 is 0 Å². The van der Waals surface area contributed by atoms with E-state index in [1.807, 2.05) is 0 Å². The van der Waals surface area contributed by atoms with Crippen molar-refractivity contribution in [3.05, 3.63) is 206 Å². The van der Waals surface area contributed by atoms with Crippen molar-refractivity contribution in [1.82, 2.24) is 9.97 Å². The molecule has 3 heteroatoms. The van der Waals surface area contributed by atoms with Gasteiger partial charge in [0.05, 0.1) is 5.69 Å². The summed E-state index contributed by atoms with van der Waals surface area (Å²) in [4.78, 5) is 11.1. The molecule has 9 aromatic rings. The summed E-state index contributed by atoms with van der Waals surface area (Å²) in [6.45, 7) is 4.87. The summed E-state index contributed by atoms with van der Waals surface area (Å²) in [5.74, 6) is 0.762. The molecule has 0 saturated carbocycles. The van der Waals surface area contributed by atoms with Crippen LogP contribution in [0.1, 0.15) is 0 Å². The summed E-state index contributed by atoms with van der Waals surface area (Å²) in [6.07, 6.45) is 0. The van der Waals surface area contributed by atoms with Gasteiger partial charge >= 0.3 is 0 Å². The van der Waals surface area contributed by atoms with Gasteiger partial charge in [-0.1, -0.05) is 189 Å². The van der Waals surface area contributed by atoms with Crippen LogP contribution < -0.4 is 10.5 Å². The number of rotatable bonds is 7. The minimum atomic E-state index is -2.16. The van der Waals surface area contributed by atoms with Gasteiger partial charge in [0, 0.05) is 22.0 Å². The van der Waals surface area contributed by atoms with E-state index in [-0.39, 0.29) is 0 Å². The summed E-state index contributed by atoms with van der Waals surface area (Å²) in [7, 11) is -2.16. The zero-order valence-electron chi connectivity index (χ0n) is 32.0. The topological polar surface area (TPSA) is 25.8 Å². The van der Waals surface area contributed by atoms with Crippen LogP contribution >= 0.6 is 0 Å². The molecule has 0 amide bonds. The molecule has 1 aromatic heterocycles. The Labute approximate surface area is 335 Å². The Bertz CT molecular complexity index is 2840. The molecule has 2 heterocycles. The standard InChI is InChI=1S/C54H40N2Si/c1-57(2)50-27-13-12-26-49(50)51-52(48-35-46(38-18-8-4-9-19-38)34-47(36-48)39-20-10-5-11-21-39)55-53(56-54(51)57)45-25-15-24-44(33-45)43-23-14-22-42(32-43)41-30-28-40(29-31-41)37-16-6-3-7-17-37/h3-36H,1-2H3. The van der Waals surface area contributed by atoms with Crippen LogP contribution in [-0.2, 0) is 0 Å². The highest BCUT2D eigenvalue weighted by Gasteiger charge is 2.41. The van der Waals surface area contributed by atoms with Crippen molar-refractivity contribution in [1.29, 1.82) is 0 Å². The van der Waals surface area contributed by atoms with Gasteiger partial charge in [-0.05, 0) is 96.7 Å². The summed E-state index contributed by atoms with van der Waals surface area (Å²) in [5.41, 5.74) is 17.3. The number of aromatic nitrogens is 2. The average Bonchev–Trinajstić information content (AvgIpc) is 3.52. The van der Waals surface area contributed by atoms with Gasteiger partial charge in [0.1, 0.15) is 8.07 Å². The van der Waals surface area contributed by atoms with Crippen molar-refractivity contribution in [3.63, 3.8) is 0 Å². The van der Waals surface area contributed by atoms with Crippen molar-refractivity contribution in [2.75, 3.05) is 0 Å². The lowest BCUT2D eigenvalue weighted by atomic mass is 9.92. The Balaban J connectivity index is 1.11. The van der Waals surface area contributed by atoms with Gasteiger partial charge in [-0.2, -0.15) is 0 Å². The minimum absolute atomic E-state index is 0.762. The van der Waals surface area contributed by atoms with E-state index in [1.165, 1.54) is 66.1 Å². The fraction of sp³-hybridized carbons (Fsp3) is 0.0370. The molecule has 1 aliphatic heterocycles. The fourth-order valence-electron chi connectivity index (χ4n) is 8.44. The van der Waals surface area contributed by atoms with Crippen molar-refractivity contribution < 1.29 is 0 Å². The molecule has 10 rings (SSSR count). The van der Waals surface area contributed by atoms with E-state index in [0.717, 1.165) is 33.8 Å². The molecule has 0 radical (unpaired) electrons. The zero-order chi connectivity index (χ0) is 38.3. The minimum Gasteiger partial charge on any atom is -0.237 e. The van der Waals surface area contributed by atoms with E-state index < -0.39 is 8.07 Å². The summed E-state index contributed by atoms with van der Waals surface area (Å²) in [6, 6.07) is 74.2. The smallest absolute Gasteiger partial charge is 0.159 e. The van der Waals surface area contributed by atoms with Crippen molar-refractivity contribution in [2.45, 2.75) is 13.1 Å². The van der Waals surface area contributed by atoms with Gasteiger partial charge in [0.25, 0.3) is 0 Å². The normalized spacial score (nSPS) is 12.5. The third-order valence-corrected chi connectivity index (χ3v) is 14.8. The molecular formula is C54H40N2Si. The zero-order valence-corrected chi connectivity index (χ0v) is 33.0. The molecule has 0 atom stereocenters. The molecule has 0 saturated heterocycles. The summed E-state index contributed by atoms with van der Waals surface area (Å²) >= 11 is 0. The number of fused-ring (bicyclic) bond motifs is 3. The Morgan fingerprint density at radius 3 is 1.28 bits per heavy atom. The highest BCUT2D eigenvalue weighted by atomic mass is 28.3. The lowest BCUT2D eigenvalue weighted by Gasteiger charge is -2.19. The van der Waals surface area contributed by atoms with Crippen LogP contribution in [0, 0.1) is 0 Å². The molecule has 0 N–H and O–H groups in total. The fourth-order valence-corrected chi connectivity index (χ4v) is 11.4. The molecule has 0 spiro atoms. The maximum atomic E-state index is 5.56. The first-order valence-electron chi connectivity index (χ1n) is 19.6. The molecule has 0 bridgehead atoms. The van der Waals surface area contributed by atoms with Crippen LogP contribution in [0.4, 0.5) is 0 Å². The maximum Gasteiger partial charge on any atom is 0.159 e. The lowest BCUT2D eigenvalue weighted by Crippen LogP contribution is -2.50. The first-order valence-corrected chi connectivity index (χ1v) is 22.6. The van der Waals surface area contributed by atoms with Crippen molar-refractivity contribution in [3.8, 4) is 89.4 Å².